The monoisotopic (exact) mass is 326 g/mol. The van der Waals surface area contributed by atoms with Crippen LogP contribution in [0.5, 0.6) is 0 Å². The van der Waals surface area contributed by atoms with Gasteiger partial charge in [0, 0.05) is 11.5 Å². The lowest BCUT2D eigenvalue weighted by Gasteiger charge is -2.11. The van der Waals surface area contributed by atoms with Crippen LogP contribution >= 0.6 is 11.6 Å². The van der Waals surface area contributed by atoms with Gasteiger partial charge in [-0.15, -0.1) is 6.42 Å². The molecule has 0 aliphatic rings. The first-order chi connectivity index (χ1) is 11.0. The van der Waals surface area contributed by atoms with Crippen LogP contribution in [0.25, 0.3) is 5.57 Å². The molecule has 0 atom stereocenters. The summed E-state index contributed by atoms with van der Waals surface area (Å²) in [4.78, 5) is 0. The highest BCUT2D eigenvalue weighted by Gasteiger charge is 2.06. The molecule has 0 amide bonds. The summed E-state index contributed by atoms with van der Waals surface area (Å²) >= 11 is 6.51. The van der Waals surface area contributed by atoms with Crippen LogP contribution in [0.15, 0.2) is 47.5 Å². The summed E-state index contributed by atoms with van der Waals surface area (Å²) in [5, 5.41) is 0.816. The molecule has 122 valence electrons. The molecule has 0 saturated heterocycles. The van der Waals surface area contributed by atoms with E-state index in [0.717, 1.165) is 29.0 Å². The van der Waals surface area contributed by atoms with Gasteiger partial charge in [0.15, 0.2) is 0 Å². The number of aryl methyl sites for hydroxylation is 1. The third kappa shape index (κ3) is 6.93. The quantitative estimate of drug-likeness (QED) is 0.279. The molecule has 0 nitrogen and oxygen atoms in total. The molecule has 0 radical (unpaired) electrons. The maximum atomic E-state index is 6.51. The Bertz CT molecular complexity index is 638. The van der Waals surface area contributed by atoms with Crippen LogP contribution in [-0.2, 0) is 6.42 Å². The van der Waals surface area contributed by atoms with E-state index in [-0.39, 0.29) is 0 Å². The van der Waals surface area contributed by atoms with Crippen molar-refractivity contribution < 1.29 is 0 Å². The van der Waals surface area contributed by atoms with Crippen LogP contribution in [-0.4, -0.2) is 0 Å². The second kappa shape index (κ2) is 10.1. The molecule has 0 aliphatic heterocycles. The van der Waals surface area contributed by atoms with Gasteiger partial charge in [0.05, 0.1) is 0 Å². The Labute approximate surface area is 147 Å². The predicted molar refractivity (Wildman–Crippen MR) is 105 cm³/mol. The van der Waals surface area contributed by atoms with Gasteiger partial charge < -0.3 is 0 Å². The number of allylic oxidation sites excluding steroid dienone is 5. The Kier molecular flexibility index (Phi) is 8.52. The zero-order chi connectivity index (χ0) is 17.2. The summed E-state index contributed by atoms with van der Waals surface area (Å²) in [7, 11) is 0. The fourth-order valence-electron chi connectivity index (χ4n) is 2.59. The van der Waals surface area contributed by atoms with Gasteiger partial charge in [-0.2, -0.15) is 0 Å². The van der Waals surface area contributed by atoms with Gasteiger partial charge in [-0.3, -0.25) is 0 Å². The number of benzene rings is 1. The van der Waals surface area contributed by atoms with Crippen LogP contribution in [0.2, 0.25) is 0 Å². The van der Waals surface area contributed by atoms with Crippen molar-refractivity contribution in [3.8, 4) is 12.3 Å². The zero-order valence-electron chi connectivity index (χ0n) is 14.6. The van der Waals surface area contributed by atoms with Crippen molar-refractivity contribution in [2.45, 2.75) is 52.9 Å². The lowest BCUT2D eigenvalue weighted by Crippen LogP contribution is -1.94. The molecular weight excluding hydrogens is 300 g/mol. The van der Waals surface area contributed by atoms with E-state index in [1.807, 2.05) is 19.1 Å². The van der Waals surface area contributed by atoms with Gasteiger partial charge in [0.2, 0.25) is 0 Å². The smallest absolute Gasteiger partial charge is 0.0228 e. The van der Waals surface area contributed by atoms with E-state index in [4.69, 9.17) is 18.0 Å². The first kappa shape index (κ1) is 19.3. The van der Waals surface area contributed by atoms with E-state index in [1.54, 1.807) is 0 Å². The van der Waals surface area contributed by atoms with Crippen molar-refractivity contribution in [1.29, 1.82) is 0 Å². The molecular formula is C22H27Cl. The third-order valence-corrected chi connectivity index (χ3v) is 4.00. The summed E-state index contributed by atoms with van der Waals surface area (Å²) in [5.41, 5.74) is 5.82. The topological polar surface area (TPSA) is 0 Å². The second-order valence-electron chi connectivity index (χ2n) is 6.05. The van der Waals surface area contributed by atoms with E-state index < -0.39 is 0 Å². The van der Waals surface area contributed by atoms with E-state index in [0.29, 0.717) is 6.42 Å². The molecule has 0 saturated carbocycles. The first-order valence-corrected chi connectivity index (χ1v) is 8.62. The maximum Gasteiger partial charge on any atom is 0.0228 e. The number of rotatable bonds is 8. The Morgan fingerprint density at radius 1 is 1.35 bits per heavy atom. The molecule has 0 aliphatic carbocycles. The molecule has 0 aromatic heterocycles. The van der Waals surface area contributed by atoms with Gasteiger partial charge in [0.1, 0.15) is 0 Å². The average molecular weight is 327 g/mol. The minimum Gasteiger partial charge on any atom is -0.115 e. The van der Waals surface area contributed by atoms with Crippen LogP contribution in [0.4, 0.5) is 0 Å². The van der Waals surface area contributed by atoms with Crippen molar-refractivity contribution in [2.75, 3.05) is 0 Å². The van der Waals surface area contributed by atoms with Crippen molar-refractivity contribution in [3.05, 3.63) is 64.2 Å². The Balaban J connectivity index is 2.94. The highest BCUT2D eigenvalue weighted by Crippen LogP contribution is 2.24. The van der Waals surface area contributed by atoms with Gasteiger partial charge in [0.25, 0.3) is 0 Å². The number of halogens is 1. The zero-order valence-corrected chi connectivity index (χ0v) is 15.3. The predicted octanol–water partition coefficient (Wildman–Crippen LogP) is 6.83. The SMILES string of the molecule is C#C/C=C(\C=C(\Cl)Cc1cc(C)ccc1C(=C)C)CCCCC. The molecule has 1 rings (SSSR count). The van der Waals surface area contributed by atoms with Crippen LogP contribution in [0.1, 0.15) is 56.2 Å². The van der Waals surface area contributed by atoms with Crippen LogP contribution in [0.3, 0.4) is 0 Å². The van der Waals surface area contributed by atoms with Crippen LogP contribution < -0.4 is 0 Å². The van der Waals surface area contributed by atoms with Crippen molar-refractivity contribution in [3.63, 3.8) is 0 Å². The standard InChI is InChI=1S/C22H27Cl/c1-6-8-9-11-19(10-7-2)15-21(23)16-20-14-18(5)12-13-22(20)17(3)4/h2,10,12-15H,3,6,8-9,11,16H2,1,4-5H3/b19-10-,21-15+. The summed E-state index contributed by atoms with van der Waals surface area (Å²) in [6.45, 7) is 10.4. The van der Waals surface area contributed by atoms with E-state index in [2.05, 4.69) is 44.5 Å². The van der Waals surface area contributed by atoms with E-state index in [1.165, 1.54) is 29.5 Å². The van der Waals surface area contributed by atoms with Crippen molar-refractivity contribution in [1.82, 2.24) is 0 Å². The highest BCUT2D eigenvalue weighted by molar-refractivity contribution is 6.30. The normalized spacial score (nSPS) is 12.1. The Morgan fingerprint density at radius 2 is 2.09 bits per heavy atom. The molecule has 0 unspecified atom stereocenters. The van der Waals surface area contributed by atoms with Gasteiger partial charge in [-0.05, 0) is 55.5 Å². The average Bonchev–Trinajstić information content (AvgIpc) is 2.47. The van der Waals surface area contributed by atoms with Crippen molar-refractivity contribution in [2.24, 2.45) is 0 Å². The van der Waals surface area contributed by atoms with Gasteiger partial charge in [-0.25, -0.2) is 0 Å². The minimum absolute atomic E-state index is 0.709. The first-order valence-electron chi connectivity index (χ1n) is 8.24. The lowest BCUT2D eigenvalue weighted by atomic mass is 9.96. The Morgan fingerprint density at radius 3 is 2.70 bits per heavy atom. The molecule has 0 N–H and O–H groups in total. The van der Waals surface area contributed by atoms with Gasteiger partial charge in [-0.1, -0.05) is 73.2 Å². The molecule has 0 spiro atoms. The molecule has 23 heavy (non-hydrogen) atoms. The molecule has 0 bridgehead atoms. The molecule has 1 aromatic carbocycles. The fourth-order valence-corrected chi connectivity index (χ4v) is 2.88. The molecule has 0 heterocycles. The third-order valence-electron chi connectivity index (χ3n) is 3.76. The minimum atomic E-state index is 0.709. The Hall–Kier alpha value is -1.71. The number of hydrogen-bond donors (Lipinski definition) is 0. The van der Waals surface area contributed by atoms with Gasteiger partial charge >= 0.3 is 0 Å². The fraction of sp³-hybridized carbons (Fsp3) is 0.364. The molecule has 1 heteroatoms. The van der Waals surface area contributed by atoms with Crippen molar-refractivity contribution >= 4 is 17.2 Å². The number of unbranched alkanes of at least 4 members (excludes halogenated alkanes) is 2. The summed E-state index contributed by atoms with van der Waals surface area (Å²) in [6.07, 6.45) is 14.5. The van der Waals surface area contributed by atoms with E-state index in [9.17, 15) is 0 Å². The maximum absolute atomic E-state index is 6.51. The number of terminal acetylenes is 1. The summed E-state index contributed by atoms with van der Waals surface area (Å²) < 4.78 is 0. The summed E-state index contributed by atoms with van der Waals surface area (Å²) in [6, 6.07) is 6.41. The van der Waals surface area contributed by atoms with Crippen LogP contribution in [0, 0.1) is 19.3 Å². The largest absolute Gasteiger partial charge is 0.115 e. The lowest BCUT2D eigenvalue weighted by molar-refractivity contribution is 0.719. The molecule has 0 fully saturated rings. The highest BCUT2D eigenvalue weighted by atomic mass is 35.5. The molecule has 1 aromatic rings. The second-order valence-corrected chi connectivity index (χ2v) is 6.54. The van der Waals surface area contributed by atoms with E-state index >= 15 is 0 Å². The number of hydrogen-bond acceptors (Lipinski definition) is 0. The summed E-state index contributed by atoms with van der Waals surface area (Å²) in [5.74, 6) is 2.62.